The van der Waals surface area contributed by atoms with Gasteiger partial charge in [-0.05, 0) is 45.0 Å². The molecule has 1 unspecified atom stereocenters. The molecular weight excluding hydrogens is 286 g/mol. The molecule has 0 aliphatic carbocycles. The molecule has 1 atom stereocenters. The number of likely N-dealkylation sites (tertiary alicyclic amines) is 1. The van der Waals surface area contributed by atoms with E-state index in [2.05, 4.69) is 27.4 Å². The van der Waals surface area contributed by atoms with Crippen molar-refractivity contribution in [2.45, 2.75) is 31.7 Å². The van der Waals surface area contributed by atoms with Crippen molar-refractivity contribution in [3.8, 4) is 5.75 Å². The number of methoxy groups -OCH3 is 1. The zero-order valence-corrected chi connectivity index (χ0v) is 13.4. The molecule has 1 fully saturated rings. The summed E-state index contributed by atoms with van der Waals surface area (Å²) in [5, 5.41) is 0. The van der Waals surface area contributed by atoms with Gasteiger partial charge in [0.05, 0.1) is 24.0 Å². The molecule has 1 saturated heterocycles. The van der Waals surface area contributed by atoms with Gasteiger partial charge < -0.3 is 14.2 Å². The fraction of sp³-hybridized carbons (Fsp3) is 0.562. The fourth-order valence-corrected chi connectivity index (χ4v) is 3.44. The number of alkyl halides is 1. The lowest BCUT2D eigenvalue weighted by atomic mass is 10.2. The summed E-state index contributed by atoms with van der Waals surface area (Å²) in [4.78, 5) is 7.18. The third-order valence-corrected chi connectivity index (χ3v) is 4.49. The van der Waals surface area contributed by atoms with Gasteiger partial charge in [-0.25, -0.2) is 4.98 Å². The molecule has 0 radical (unpaired) electrons. The van der Waals surface area contributed by atoms with E-state index >= 15 is 0 Å². The van der Waals surface area contributed by atoms with Crippen LogP contribution in [0.4, 0.5) is 0 Å². The van der Waals surface area contributed by atoms with Crippen molar-refractivity contribution < 1.29 is 4.74 Å². The van der Waals surface area contributed by atoms with Gasteiger partial charge in [0.2, 0.25) is 0 Å². The molecule has 2 heterocycles. The first kappa shape index (κ1) is 14.7. The maximum atomic E-state index is 6.11. The highest BCUT2D eigenvalue weighted by atomic mass is 35.5. The lowest BCUT2D eigenvalue weighted by Crippen LogP contribution is -2.27. The maximum Gasteiger partial charge on any atom is 0.125 e. The molecular formula is C16H22ClN3O. The highest BCUT2D eigenvalue weighted by molar-refractivity contribution is 6.16. The number of fused-ring (bicyclic) bond motifs is 1. The number of benzene rings is 1. The van der Waals surface area contributed by atoms with Crippen molar-refractivity contribution in [1.29, 1.82) is 0 Å². The van der Waals surface area contributed by atoms with Gasteiger partial charge in [-0.2, -0.15) is 0 Å². The molecule has 2 aromatic rings. The number of nitrogens with zero attached hydrogens (tertiary/aromatic N) is 3. The van der Waals surface area contributed by atoms with Crippen LogP contribution in [0.1, 0.15) is 31.6 Å². The number of ether oxygens (including phenoxy) is 1. The zero-order chi connectivity index (χ0) is 14.8. The number of imidazole rings is 1. The molecule has 0 N–H and O–H groups in total. The average Bonchev–Trinajstić information content (AvgIpc) is 3.12. The molecule has 21 heavy (non-hydrogen) atoms. The molecule has 0 spiro atoms. The Kier molecular flexibility index (Phi) is 4.36. The lowest BCUT2D eigenvalue weighted by Gasteiger charge is -2.23. The molecule has 1 aliphatic heterocycles. The monoisotopic (exact) mass is 307 g/mol. The van der Waals surface area contributed by atoms with Crippen LogP contribution in [0.5, 0.6) is 5.75 Å². The van der Waals surface area contributed by atoms with Crippen LogP contribution in [-0.4, -0.2) is 41.2 Å². The third kappa shape index (κ3) is 2.87. The Morgan fingerprint density at radius 3 is 2.76 bits per heavy atom. The Morgan fingerprint density at radius 1 is 1.33 bits per heavy atom. The molecule has 1 aromatic carbocycles. The fourth-order valence-electron chi connectivity index (χ4n) is 3.26. The van der Waals surface area contributed by atoms with Gasteiger partial charge in [-0.3, -0.25) is 0 Å². The van der Waals surface area contributed by atoms with Crippen molar-refractivity contribution in [3.63, 3.8) is 0 Å². The van der Waals surface area contributed by atoms with Gasteiger partial charge in [0.1, 0.15) is 11.6 Å². The Balaban J connectivity index is 1.97. The van der Waals surface area contributed by atoms with Crippen molar-refractivity contribution >= 4 is 22.6 Å². The number of halogens is 1. The van der Waals surface area contributed by atoms with Gasteiger partial charge >= 0.3 is 0 Å². The highest BCUT2D eigenvalue weighted by Crippen LogP contribution is 2.27. The van der Waals surface area contributed by atoms with E-state index in [9.17, 15) is 0 Å². The number of aromatic nitrogens is 2. The van der Waals surface area contributed by atoms with Gasteiger partial charge in [0.15, 0.2) is 0 Å². The summed E-state index contributed by atoms with van der Waals surface area (Å²) >= 11 is 6.11. The van der Waals surface area contributed by atoms with Crippen LogP contribution in [0.15, 0.2) is 18.2 Å². The summed E-state index contributed by atoms with van der Waals surface area (Å²) in [6.45, 7) is 5.70. The van der Waals surface area contributed by atoms with Crippen molar-refractivity contribution in [3.05, 3.63) is 24.0 Å². The Hall–Kier alpha value is -1.26. The van der Waals surface area contributed by atoms with E-state index < -0.39 is 0 Å². The third-order valence-electron chi connectivity index (χ3n) is 4.25. The van der Waals surface area contributed by atoms with E-state index in [1.807, 2.05) is 12.1 Å². The molecule has 1 aromatic heterocycles. The van der Waals surface area contributed by atoms with Crippen LogP contribution in [0, 0.1) is 0 Å². The summed E-state index contributed by atoms with van der Waals surface area (Å²) in [6.07, 6.45) is 2.63. The first-order valence-electron chi connectivity index (χ1n) is 7.56. The van der Waals surface area contributed by atoms with Crippen LogP contribution in [0.3, 0.4) is 0 Å². The number of hydrogen-bond acceptors (Lipinski definition) is 3. The van der Waals surface area contributed by atoms with E-state index in [1.54, 1.807) is 7.11 Å². The second kappa shape index (κ2) is 6.24. The van der Waals surface area contributed by atoms with Crippen molar-refractivity contribution in [1.82, 2.24) is 14.5 Å². The number of rotatable bonds is 5. The average molecular weight is 308 g/mol. The Morgan fingerprint density at radius 2 is 2.10 bits per heavy atom. The minimum atomic E-state index is 0.356. The van der Waals surface area contributed by atoms with E-state index in [0.717, 1.165) is 29.2 Å². The molecule has 5 heteroatoms. The van der Waals surface area contributed by atoms with Crippen LogP contribution >= 0.6 is 11.6 Å². The van der Waals surface area contributed by atoms with E-state index in [4.69, 9.17) is 16.3 Å². The molecule has 114 valence electrons. The number of hydrogen-bond donors (Lipinski definition) is 0. The van der Waals surface area contributed by atoms with E-state index in [1.165, 1.54) is 25.9 Å². The van der Waals surface area contributed by atoms with Gasteiger partial charge in [-0.15, -0.1) is 11.6 Å². The molecule has 1 aliphatic rings. The molecule has 4 nitrogen and oxygen atoms in total. The molecule has 0 saturated carbocycles. The Bertz CT molecular complexity index is 619. The quantitative estimate of drug-likeness (QED) is 0.793. The minimum Gasteiger partial charge on any atom is -0.497 e. The summed E-state index contributed by atoms with van der Waals surface area (Å²) < 4.78 is 7.62. The van der Waals surface area contributed by atoms with Gasteiger partial charge in [-0.1, -0.05) is 0 Å². The smallest absolute Gasteiger partial charge is 0.125 e. The summed E-state index contributed by atoms with van der Waals surface area (Å²) in [5.74, 6) is 2.23. The second-order valence-corrected chi connectivity index (χ2v) is 6.01. The molecule has 0 bridgehead atoms. The van der Waals surface area contributed by atoms with Crippen molar-refractivity contribution in [2.75, 3.05) is 26.7 Å². The van der Waals surface area contributed by atoms with Crippen LogP contribution in [0.25, 0.3) is 11.0 Å². The predicted molar refractivity (Wildman–Crippen MR) is 86.2 cm³/mol. The maximum absolute atomic E-state index is 6.11. The normalized spacial score (nSPS) is 17.5. The van der Waals surface area contributed by atoms with Crippen LogP contribution in [0.2, 0.25) is 0 Å². The SMILES string of the molecule is COc1ccc2nc(CCl)n(C(C)CN3CCCC3)c2c1. The standard InChI is InChI=1S/C16H22ClN3O/c1-12(11-19-7-3-4-8-19)20-15-9-13(21-2)5-6-14(15)18-16(20)10-17/h5-6,9,12H,3-4,7-8,10-11H2,1-2H3. The highest BCUT2D eigenvalue weighted by Gasteiger charge is 2.20. The van der Waals surface area contributed by atoms with Gasteiger partial charge in [0, 0.05) is 18.7 Å². The topological polar surface area (TPSA) is 30.3 Å². The van der Waals surface area contributed by atoms with E-state index in [0.29, 0.717) is 11.9 Å². The van der Waals surface area contributed by atoms with Gasteiger partial charge in [0.25, 0.3) is 0 Å². The minimum absolute atomic E-state index is 0.356. The summed E-state index contributed by atoms with van der Waals surface area (Å²) in [5.41, 5.74) is 2.09. The largest absolute Gasteiger partial charge is 0.497 e. The molecule has 3 rings (SSSR count). The predicted octanol–water partition coefficient (Wildman–Crippen LogP) is 3.44. The van der Waals surface area contributed by atoms with Crippen LogP contribution in [-0.2, 0) is 5.88 Å². The van der Waals surface area contributed by atoms with Crippen LogP contribution < -0.4 is 4.74 Å². The van der Waals surface area contributed by atoms with Crippen molar-refractivity contribution in [2.24, 2.45) is 0 Å². The first-order valence-corrected chi connectivity index (χ1v) is 8.09. The summed E-state index contributed by atoms with van der Waals surface area (Å²) in [6, 6.07) is 6.36. The Labute approximate surface area is 130 Å². The zero-order valence-electron chi connectivity index (χ0n) is 12.7. The summed E-state index contributed by atoms with van der Waals surface area (Å²) in [7, 11) is 1.69. The first-order chi connectivity index (χ1) is 10.2. The lowest BCUT2D eigenvalue weighted by molar-refractivity contribution is 0.288. The molecule has 0 amide bonds. The second-order valence-electron chi connectivity index (χ2n) is 5.74. The van der Waals surface area contributed by atoms with E-state index in [-0.39, 0.29) is 0 Å².